The standard InChI is InChI=1S/C13H16N4O/c18-13(6-8-14-9-7-13)12-10-15-16-17(12)11-4-2-1-3-5-11/h1-5,10,14,18H,6-9H2. The molecule has 3 rings (SSSR count). The zero-order valence-corrected chi connectivity index (χ0v) is 10.1. The highest BCUT2D eigenvalue weighted by Crippen LogP contribution is 2.30. The second kappa shape index (κ2) is 4.51. The quantitative estimate of drug-likeness (QED) is 0.821. The molecule has 0 spiro atoms. The van der Waals surface area contributed by atoms with Crippen molar-refractivity contribution < 1.29 is 5.11 Å². The van der Waals surface area contributed by atoms with Gasteiger partial charge in [0, 0.05) is 0 Å². The molecule has 1 aliphatic rings. The van der Waals surface area contributed by atoms with E-state index in [1.165, 1.54) is 0 Å². The molecule has 0 aliphatic carbocycles. The second-order valence-corrected chi connectivity index (χ2v) is 4.65. The average molecular weight is 244 g/mol. The van der Waals surface area contributed by atoms with Crippen molar-refractivity contribution in [2.24, 2.45) is 0 Å². The van der Waals surface area contributed by atoms with Crippen LogP contribution in [0.4, 0.5) is 0 Å². The minimum atomic E-state index is -0.829. The smallest absolute Gasteiger partial charge is 0.111 e. The normalized spacial score (nSPS) is 18.7. The molecule has 0 atom stereocenters. The van der Waals surface area contributed by atoms with Gasteiger partial charge in [-0.3, -0.25) is 0 Å². The molecule has 18 heavy (non-hydrogen) atoms. The Kier molecular flexibility index (Phi) is 2.85. The molecule has 0 bridgehead atoms. The molecule has 5 heteroatoms. The summed E-state index contributed by atoms with van der Waals surface area (Å²) in [7, 11) is 0. The van der Waals surface area contributed by atoms with Gasteiger partial charge in [0.15, 0.2) is 0 Å². The van der Waals surface area contributed by atoms with Gasteiger partial charge in [0.05, 0.1) is 17.6 Å². The summed E-state index contributed by atoms with van der Waals surface area (Å²) < 4.78 is 1.73. The van der Waals surface area contributed by atoms with Crippen LogP contribution >= 0.6 is 0 Å². The number of nitrogens with one attached hydrogen (secondary N) is 1. The van der Waals surface area contributed by atoms with Crippen LogP contribution in [0.25, 0.3) is 5.69 Å². The monoisotopic (exact) mass is 244 g/mol. The number of aromatic nitrogens is 3. The summed E-state index contributed by atoms with van der Waals surface area (Å²) in [5, 5.41) is 22.0. The predicted octanol–water partition coefficient (Wildman–Crippen LogP) is 0.838. The predicted molar refractivity (Wildman–Crippen MR) is 67.4 cm³/mol. The fraction of sp³-hybridized carbons (Fsp3) is 0.385. The third-order valence-electron chi connectivity index (χ3n) is 3.46. The van der Waals surface area contributed by atoms with E-state index in [-0.39, 0.29) is 0 Å². The van der Waals surface area contributed by atoms with Gasteiger partial charge in [-0.15, -0.1) is 5.10 Å². The summed E-state index contributed by atoms with van der Waals surface area (Å²) in [5.41, 5.74) is 0.872. The third kappa shape index (κ3) is 1.91. The first kappa shape index (κ1) is 11.4. The third-order valence-corrected chi connectivity index (χ3v) is 3.46. The Hall–Kier alpha value is -1.72. The molecule has 5 nitrogen and oxygen atoms in total. The highest BCUT2D eigenvalue weighted by Gasteiger charge is 2.35. The molecule has 1 fully saturated rings. The molecule has 2 heterocycles. The van der Waals surface area contributed by atoms with Crippen LogP contribution in [-0.4, -0.2) is 33.2 Å². The van der Waals surface area contributed by atoms with Gasteiger partial charge in [-0.25, -0.2) is 4.68 Å². The van der Waals surface area contributed by atoms with Crippen molar-refractivity contribution in [3.05, 3.63) is 42.2 Å². The van der Waals surface area contributed by atoms with Gasteiger partial charge in [0.25, 0.3) is 0 Å². The van der Waals surface area contributed by atoms with Crippen molar-refractivity contribution in [1.82, 2.24) is 20.3 Å². The van der Waals surface area contributed by atoms with Crippen LogP contribution in [0.5, 0.6) is 0 Å². The van der Waals surface area contributed by atoms with Crippen molar-refractivity contribution in [2.75, 3.05) is 13.1 Å². The fourth-order valence-electron chi connectivity index (χ4n) is 2.41. The maximum Gasteiger partial charge on any atom is 0.111 e. The lowest BCUT2D eigenvalue weighted by molar-refractivity contribution is -0.000296. The summed E-state index contributed by atoms with van der Waals surface area (Å²) in [4.78, 5) is 0. The fourth-order valence-corrected chi connectivity index (χ4v) is 2.41. The summed E-state index contributed by atoms with van der Waals surface area (Å²) in [6.07, 6.45) is 3.04. The summed E-state index contributed by atoms with van der Waals surface area (Å²) >= 11 is 0. The Morgan fingerprint density at radius 3 is 2.61 bits per heavy atom. The number of hydrogen-bond donors (Lipinski definition) is 2. The highest BCUT2D eigenvalue weighted by atomic mass is 16.3. The number of para-hydroxylation sites is 1. The van der Waals surface area contributed by atoms with Crippen LogP contribution in [0.2, 0.25) is 0 Å². The molecule has 0 amide bonds. The van der Waals surface area contributed by atoms with Crippen molar-refractivity contribution in [3.8, 4) is 5.69 Å². The molecule has 2 N–H and O–H groups in total. The van der Waals surface area contributed by atoms with Crippen LogP contribution in [0.3, 0.4) is 0 Å². The lowest BCUT2D eigenvalue weighted by Gasteiger charge is -2.32. The molecular weight excluding hydrogens is 228 g/mol. The zero-order chi connectivity index (χ0) is 12.4. The van der Waals surface area contributed by atoms with E-state index in [2.05, 4.69) is 15.6 Å². The van der Waals surface area contributed by atoms with Crippen LogP contribution < -0.4 is 5.32 Å². The average Bonchev–Trinajstić information content (AvgIpc) is 2.91. The first-order valence-electron chi connectivity index (χ1n) is 6.19. The van der Waals surface area contributed by atoms with E-state index in [4.69, 9.17) is 0 Å². The van der Waals surface area contributed by atoms with Crippen LogP contribution in [-0.2, 0) is 5.60 Å². The molecule has 94 valence electrons. The van der Waals surface area contributed by atoms with Crippen molar-refractivity contribution in [2.45, 2.75) is 18.4 Å². The SMILES string of the molecule is OC1(c2cnnn2-c2ccccc2)CCNCC1. The molecule has 1 aromatic carbocycles. The second-order valence-electron chi connectivity index (χ2n) is 4.65. The summed E-state index contributed by atoms with van der Waals surface area (Å²) in [6, 6.07) is 9.78. The number of benzene rings is 1. The molecule has 0 saturated carbocycles. The van der Waals surface area contributed by atoms with Crippen LogP contribution in [0.1, 0.15) is 18.5 Å². The maximum atomic E-state index is 10.7. The number of hydrogen-bond acceptors (Lipinski definition) is 4. The number of rotatable bonds is 2. The molecule has 1 aliphatic heterocycles. The Bertz CT molecular complexity index is 517. The largest absolute Gasteiger partial charge is 0.383 e. The molecule has 1 saturated heterocycles. The van der Waals surface area contributed by atoms with Gasteiger partial charge >= 0.3 is 0 Å². The van der Waals surface area contributed by atoms with Gasteiger partial charge in [-0.2, -0.15) is 0 Å². The number of piperidine rings is 1. The van der Waals surface area contributed by atoms with E-state index in [1.807, 2.05) is 30.3 Å². The Morgan fingerprint density at radius 1 is 1.17 bits per heavy atom. The van der Waals surface area contributed by atoms with E-state index >= 15 is 0 Å². The molecule has 1 aromatic heterocycles. The molecule has 0 radical (unpaired) electrons. The summed E-state index contributed by atoms with van der Waals surface area (Å²) in [6.45, 7) is 1.63. The Labute approximate surface area is 105 Å². The van der Waals surface area contributed by atoms with Gasteiger partial charge in [0.1, 0.15) is 5.60 Å². The highest BCUT2D eigenvalue weighted by molar-refractivity contribution is 5.33. The lowest BCUT2D eigenvalue weighted by Crippen LogP contribution is -2.41. The Morgan fingerprint density at radius 2 is 1.89 bits per heavy atom. The first-order valence-corrected chi connectivity index (χ1v) is 6.19. The van der Waals surface area contributed by atoms with Gasteiger partial charge < -0.3 is 10.4 Å². The Balaban J connectivity index is 2.01. The molecule has 0 unspecified atom stereocenters. The minimum Gasteiger partial charge on any atom is -0.383 e. The lowest BCUT2D eigenvalue weighted by atomic mass is 9.89. The van der Waals surface area contributed by atoms with Crippen molar-refractivity contribution in [3.63, 3.8) is 0 Å². The van der Waals surface area contributed by atoms with Crippen LogP contribution in [0, 0.1) is 0 Å². The summed E-state index contributed by atoms with van der Waals surface area (Å²) in [5.74, 6) is 0. The number of aliphatic hydroxyl groups is 1. The maximum absolute atomic E-state index is 10.7. The van der Waals surface area contributed by atoms with E-state index in [0.717, 1.165) is 24.5 Å². The topological polar surface area (TPSA) is 63.0 Å². The molecule has 2 aromatic rings. The molecular formula is C13H16N4O. The number of nitrogens with zero attached hydrogens (tertiary/aromatic N) is 3. The van der Waals surface area contributed by atoms with Gasteiger partial charge in [-0.1, -0.05) is 23.4 Å². The first-order chi connectivity index (χ1) is 8.80. The van der Waals surface area contributed by atoms with E-state index in [0.29, 0.717) is 12.8 Å². The van der Waals surface area contributed by atoms with Gasteiger partial charge in [0.2, 0.25) is 0 Å². The van der Waals surface area contributed by atoms with Crippen molar-refractivity contribution >= 4 is 0 Å². The van der Waals surface area contributed by atoms with E-state index < -0.39 is 5.60 Å². The zero-order valence-electron chi connectivity index (χ0n) is 10.1. The minimum absolute atomic E-state index is 0.688. The van der Waals surface area contributed by atoms with Crippen molar-refractivity contribution in [1.29, 1.82) is 0 Å². The van der Waals surface area contributed by atoms with Gasteiger partial charge in [-0.05, 0) is 38.1 Å². The van der Waals surface area contributed by atoms with Crippen LogP contribution in [0.15, 0.2) is 36.5 Å². The van der Waals surface area contributed by atoms with E-state index in [9.17, 15) is 5.11 Å². The van der Waals surface area contributed by atoms with E-state index in [1.54, 1.807) is 10.9 Å².